The first-order chi connectivity index (χ1) is 7.74. The standard InChI is InChI=1S/C12H21N3S/c1-9(13)6-11-8-15-12(16-11)7-10-4-2-3-5-14-10/h8-10,14H,2-7,13H2,1H3. The van der Waals surface area contributed by atoms with Crippen LogP contribution in [0.4, 0.5) is 0 Å². The fourth-order valence-electron chi connectivity index (χ4n) is 2.16. The Labute approximate surface area is 101 Å². The topological polar surface area (TPSA) is 50.9 Å². The molecule has 0 saturated carbocycles. The van der Waals surface area contributed by atoms with Gasteiger partial charge in [0, 0.05) is 29.6 Å². The lowest BCUT2D eigenvalue weighted by Gasteiger charge is -2.22. The average molecular weight is 239 g/mol. The zero-order valence-electron chi connectivity index (χ0n) is 9.91. The summed E-state index contributed by atoms with van der Waals surface area (Å²) in [6.45, 7) is 3.21. The molecule has 1 saturated heterocycles. The molecule has 1 aromatic rings. The Hall–Kier alpha value is -0.450. The average Bonchev–Trinajstić information content (AvgIpc) is 2.66. The Morgan fingerprint density at radius 3 is 3.19 bits per heavy atom. The Bertz CT molecular complexity index is 316. The molecule has 2 unspecified atom stereocenters. The van der Waals surface area contributed by atoms with Crippen molar-refractivity contribution in [3.8, 4) is 0 Å². The molecule has 2 heterocycles. The van der Waals surface area contributed by atoms with Crippen molar-refractivity contribution < 1.29 is 0 Å². The number of nitrogens with zero attached hydrogens (tertiary/aromatic N) is 1. The molecule has 0 spiro atoms. The highest BCUT2D eigenvalue weighted by molar-refractivity contribution is 7.11. The molecule has 0 bridgehead atoms. The van der Waals surface area contributed by atoms with E-state index in [1.165, 1.54) is 35.7 Å². The van der Waals surface area contributed by atoms with Crippen LogP contribution in [0, 0.1) is 0 Å². The summed E-state index contributed by atoms with van der Waals surface area (Å²) in [7, 11) is 0. The molecule has 0 aliphatic carbocycles. The van der Waals surface area contributed by atoms with Gasteiger partial charge in [0.1, 0.15) is 0 Å². The molecule has 0 amide bonds. The van der Waals surface area contributed by atoms with Crippen molar-refractivity contribution in [2.45, 2.75) is 51.1 Å². The molecule has 3 N–H and O–H groups in total. The van der Waals surface area contributed by atoms with Gasteiger partial charge in [-0.2, -0.15) is 0 Å². The van der Waals surface area contributed by atoms with E-state index in [0.717, 1.165) is 12.8 Å². The molecule has 1 aromatic heterocycles. The van der Waals surface area contributed by atoms with E-state index in [-0.39, 0.29) is 6.04 Å². The largest absolute Gasteiger partial charge is 0.328 e. The van der Waals surface area contributed by atoms with Crippen molar-refractivity contribution in [3.63, 3.8) is 0 Å². The summed E-state index contributed by atoms with van der Waals surface area (Å²) in [6.07, 6.45) is 8.01. The summed E-state index contributed by atoms with van der Waals surface area (Å²) >= 11 is 1.82. The second kappa shape index (κ2) is 5.75. The molecule has 1 aliphatic heterocycles. The van der Waals surface area contributed by atoms with E-state index in [0.29, 0.717) is 6.04 Å². The first-order valence-electron chi connectivity index (χ1n) is 6.16. The second-order valence-corrected chi connectivity index (χ2v) is 5.95. The van der Waals surface area contributed by atoms with Gasteiger partial charge < -0.3 is 11.1 Å². The van der Waals surface area contributed by atoms with Gasteiger partial charge in [0.2, 0.25) is 0 Å². The van der Waals surface area contributed by atoms with Crippen LogP contribution in [0.2, 0.25) is 0 Å². The maximum absolute atomic E-state index is 5.78. The normalized spacial score (nSPS) is 23.2. The van der Waals surface area contributed by atoms with Crippen LogP contribution in [0.5, 0.6) is 0 Å². The number of piperidine rings is 1. The third-order valence-corrected chi connectivity index (χ3v) is 4.00. The van der Waals surface area contributed by atoms with Crippen molar-refractivity contribution in [3.05, 3.63) is 16.1 Å². The van der Waals surface area contributed by atoms with Crippen molar-refractivity contribution in [1.82, 2.24) is 10.3 Å². The fraction of sp³-hybridized carbons (Fsp3) is 0.750. The van der Waals surface area contributed by atoms with Crippen LogP contribution >= 0.6 is 11.3 Å². The van der Waals surface area contributed by atoms with Crippen molar-refractivity contribution >= 4 is 11.3 Å². The molecule has 3 nitrogen and oxygen atoms in total. The smallest absolute Gasteiger partial charge is 0.0943 e. The van der Waals surface area contributed by atoms with E-state index in [4.69, 9.17) is 5.73 Å². The Morgan fingerprint density at radius 2 is 2.50 bits per heavy atom. The van der Waals surface area contributed by atoms with Crippen molar-refractivity contribution in [2.75, 3.05) is 6.54 Å². The minimum absolute atomic E-state index is 0.237. The van der Waals surface area contributed by atoms with Crippen molar-refractivity contribution in [1.29, 1.82) is 0 Å². The molecule has 1 fully saturated rings. The number of rotatable bonds is 4. The number of nitrogens with two attached hydrogens (primary N) is 1. The summed E-state index contributed by atoms with van der Waals surface area (Å²) in [5, 5.41) is 4.82. The summed E-state index contributed by atoms with van der Waals surface area (Å²) in [4.78, 5) is 5.81. The summed E-state index contributed by atoms with van der Waals surface area (Å²) in [5.41, 5.74) is 5.78. The molecule has 1 aliphatic rings. The molecule has 0 aromatic carbocycles. The van der Waals surface area contributed by atoms with E-state index in [1.54, 1.807) is 0 Å². The number of nitrogens with one attached hydrogen (secondary N) is 1. The lowest BCUT2D eigenvalue weighted by Crippen LogP contribution is -2.35. The SMILES string of the molecule is CC(N)Cc1cnc(CC2CCCCN2)s1. The van der Waals surface area contributed by atoms with Crippen LogP contribution in [0.1, 0.15) is 36.1 Å². The van der Waals surface area contributed by atoms with Gasteiger partial charge in [-0.05, 0) is 32.7 Å². The number of thiazole rings is 1. The summed E-state index contributed by atoms with van der Waals surface area (Å²) in [5.74, 6) is 0. The van der Waals surface area contributed by atoms with Crippen LogP contribution < -0.4 is 11.1 Å². The Morgan fingerprint density at radius 1 is 1.62 bits per heavy atom. The van der Waals surface area contributed by atoms with E-state index < -0.39 is 0 Å². The summed E-state index contributed by atoms with van der Waals surface area (Å²) < 4.78 is 0. The van der Waals surface area contributed by atoms with Gasteiger partial charge in [0.25, 0.3) is 0 Å². The zero-order chi connectivity index (χ0) is 11.4. The van der Waals surface area contributed by atoms with Crippen LogP contribution in [-0.4, -0.2) is 23.6 Å². The van der Waals surface area contributed by atoms with Gasteiger partial charge >= 0.3 is 0 Å². The first-order valence-corrected chi connectivity index (χ1v) is 6.98. The van der Waals surface area contributed by atoms with E-state index in [1.807, 2.05) is 24.5 Å². The molecular weight excluding hydrogens is 218 g/mol. The third-order valence-electron chi connectivity index (χ3n) is 2.96. The minimum Gasteiger partial charge on any atom is -0.328 e. The highest BCUT2D eigenvalue weighted by Gasteiger charge is 2.15. The number of hydrogen-bond acceptors (Lipinski definition) is 4. The lowest BCUT2D eigenvalue weighted by atomic mass is 10.0. The molecule has 4 heteroatoms. The van der Waals surface area contributed by atoms with Crippen LogP contribution in [-0.2, 0) is 12.8 Å². The van der Waals surface area contributed by atoms with Gasteiger partial charge in [0.05, 0.1) is 5.01 Å². The molecule has 90 valence electrons. The lowest BCUT2D eigenvalue weighted by molar-refractivity contribution is 0.399. The highest BCUT2D eigenvalue weighted by atomic mass is 32.1. The maximum Gasteiger partial charge on any atom is 0.0943 e. The Balaban J connectivity index is 1.86. The van der Waals surface area contributed by atoms with Gasteiger partial charge in [-0.3, -0.25) is 0 Å². The molecule has 2 rings (SSSR count). The van der Waals surface area contributed by atoms with Gasteiger partial charge in [-0.15, -0.1) is 11.3 Å². The first kappa shape index (κ1) is 12.0. The quantitative estimate of drug-likeness (QED) is 0.841. The van der Waals surface area contributed by atoms with E-state index in [2.05, 4.69) is 10.3 Å². The maximum atomic E-state index is 5.78. The summed E-state index contributed by atoms with van der Waals surface area (Å²) in [6, 6.07) is 0.879. The minimum atomic E-state index is 0.237. The predicted molar refractivity (Wildman–Crippen MR) is 68.8 cm³/mol. The van der Waals surface area contributed by atoms with Gasteiger partial charge in [-0.1, -0.05) is 6.42 Å². The fourth-order valence-corrected chi connectivity index (χ4v) is 3.31. The molecule has 2 atom stereocenters. The molecular formula is C12H21N3S. The van der Waals surface area contributed by atoms with Gasteiger partial charge in [0.15, 0.2) is 0 Å². The van der Waals surface area contributed by atoms with Crippen LogP contribution in [0.25, 0.3) is 0 Å². The Kier molecular flexibility index (Phi) is 4.32. The number of hydrogen-bond donors (Lipinski definition) is 2. The zero-order valence-corrected chi connectivity index (χ0v) is 10.7. The molecule has 0 radical (unpaired) electrons. The predicted octanol–water partition coefficient (Wildman–Crippen LogP) is 1.72. The van der Waals surface area contributed by atoms with Crippen molar-refractivity contribution in [2.24, 2.45) is 5.73 Å². The van der Waals surface area contributed by atoms with E-state index in [9.17, 15) is 0 Å². The van der Waals surface area contributed by atoms with Crippen LogP contribution in [0.15, 0.2) is 6.20 Å². The monoisotopic (exact) mass is 239 g/mol. The second-order valence-electron chi connectivity index (χ2n) is 4.75. The molecule has 16 heavy (non-hydrogen) atoms. The third kappa shape index (κ3) is 3.54. The van der Waals surface area contributed by atoms with Gasteiger partial charge in [-0.25, -0.2) is 4.98 Å². The van der Waals surface area contributed by atoms with Crippen LogP contribution in [0.3, 0.4) is 0 Å². The number of aromatic nitrogens is 1. The van der Waals surface area contributed by atoms with E-state index >= 15 is 0 Å². The highest BCUT2D eigenvalue weighted by Crippen LogP contribution is 2.18.